The smallest absolute Gasteiger partial charge is 0.269 e. The number of hydrogen-bond donors (Lipinski definition) is 0. The lowest BCUT2D eigenvalue weighted by Gasteiger charge is -2.17. The fourth-order valence-corrected chi connectivity index (χ4v) is 2.94. The molecule has 0 aliphatic heterocycles. The fourth-order valence-electron chi connectivity index (χ4n) is 1.70. The quantitative estimate of drug-likeness (QED) is 0.843. The molecule has 0 aliphatic carbocycles. The molecule has 1 aromatic heterocycles. The number of nitrogens with zero attached hydrogens (tertiary/aromatic N) is 2. The molecule has 0 unspecified atom stereocenters. The molecule has 0 fully saturated rings. The summed E-state index contributed by atoms with van der Waals surface area (Å²) in [5, 5.41) is 11.4. The topological polar surface area (TPSA) is 44.1 Å². The number of para-hydroxylation sites is 1. The van der Waals surface area contributed by atoms with Gasteiger partial charge in [-0.3, -0.25) is 4.79 Å². The second kappa shape index (κ2) is 5.43. The summed E-state index contributed by atoms with van der Waals surface area (Å²) in [6.07, 6.45) is 0. The highest BCUT2D eigenvalue weighted by Crippen LogP contribution is 2.30. The van der Waals surface area contributed by atoms with Crippen molar-refractivity contribution >= 4 is 34.5 Å². The van der Waals surface area contributed by atoms with E-state index in [9.17, 15) is 4.79 Å². The van der Waals surface area contributed by atoms with Crippen molar-refractivity contribution in [3.63, 3.8) is 0 Å². The number of amides is 1. The molecule has 2 aromatic rings. The Labute approximate surface area is 120 Å². The van der Waals surface area contributed by atoms with E-state index >= 15 is 0 Å². The number of halogens is 1. The average Bonchev–Trinajstić information content (AvgIpc) is 2.77. The van der Waals surface area contributed by atoms with Crippen molar-refractivity contribution in [1.29, 1.82) is 5.26 Å². The van der Waals surface area contributed by atoms with Crippen molar-refractivity contribution in [1.82, 2.24) is 0 Å². The van der Waals surface area contributed by atoms with Crippen LogP contribution in [0.4, 0.5) is 5.69 Å². The Kier molecular flexibility index (Phi) is 3.89. The Hall–Kier alpha value is -1.83. The highest BCUT2D eigenvalue weighted by Gasteiger charge is 2.21. The van der Waals surface area contributed by atoms with Crippen molar-refractivity contribution in [3.05, 3.63) is 50.7 Å². The Morgan fingerprint density at radius 2 is 2.11 bits per heavy atom. The molecule has 0 N–H and O–H groups in total. The molecule has 19 heavy (non-hydrogen) atoms. The Bertz CT molecular complexity index is 672. The number of carbonyl (C=O) groups excluding carboxylic acids is 1. The summed E-state index contributed by atoms with van der Waals surface area (Å²) in [6, 6.07) is 9.06. The normalized spacial score (nSPS) is 10.0. The second-order valence-electron chi connectivity index (χ2n) is 4.05. The largest absolute Gasteiger partial charge is 0.309 e. The monoisotopic (exact) mass is 290 g/mol. The molecule has 0 bridgehead atoms. The number of aryl methyl sites for hydroxylation is 1. The minimum absolute atomic E-state index is 0.203. The Morgan fingerprint density at radius 1 is 1.42 bits per heavy atom. The van der Waals surface area contributed by atoms with Gasteiger partial charge in [0.1, 0.15) is 10.9 Å². The van der Waals surface area contributed by atoms with Gasteiger partial charge < -0.3 is 4.90 Å². The summed E-state index contributed by atoms with van der Waals surface area (Å²) in [5.41, 5.74) is 1.93. The van der Waals surface area contributed by atoms with Crippen LogP contribution < -0.4 is 4.90 Å². The maximum absolute atomic E-state index is 12.4. The van der Waals surface area contributed by atoms with Gasteiger partial charge in [-0.25, -0.2) is 0 Å². The number of thiophene rings is 1. The van der Waals surface area contributed by atoms with E-state index in [1.807, 2.05) is 12.3 Å². The van der Waals surface area contributed by atoms with E-state index in [-0.39, 0.29) is 5.91 Å². The van der Waals surface area contributed by atoms with Crippen LogP contribution in [0, 0.1) is 18.3 Å². The molecule has 2 rings (SSSR count). The molecule has 1 amide bonds. The first-order chi connectivity index (χ1) is 9.06. The summed E-state index contributed by atoms with van der Waals surface area (Å²) >= 11 is 7.42. The van der Waals surface area contributed by atoms with Gasteiger partial charge in [0.2, 0.25) is 0 Å². The number of carbonyl (C=O) groups is 1. The zero-order valence-corrected chi connectivity index (χ0v) is 12.0. The van der Waals surface area contributed by atoms with E-state index in [0.717, 1.165) is 5.56 Å². The first-order valence-corrected chi connectivity index (χ1v) is 6.82. The lowest BCUT2D eigenvalue weighted by atomic mass is 10.2. The second-order valence-corrected chi connectivity index (χ2v) is 5.31. The number of benzene rings is 1. The van der Waals surface area contributed by atoms with Crippen molar-refractivity contribution in [2.75, 3.05) is 11.9 Å². The lowest BCUT2D eigenvalue weighted by molar-refractivity contribution is 0.0997. The summed E-state index contributed by atoms with van der Waals surface area (Å²) in [5.74, 6) is -0.203. The minimum atomic E-state index is -0.203. The first kappa shape index (κ1) is 13.6. The molecule has 0 saturated carbocycles. The predicted octanol–water partition coefficient (Wildman–Crippen LogP) is 3.86. The zero-order chi connectivity index (χ0) is 14.0. The predicted molar refractivity (Wildman–Crippen MR) is 78.0 cm³/mol. The van der Waals surface area contributed by atoms with E-state index in [0.29, 0.717) is 21.2 Å². The third-order valence-corrected chi connectivity index (χ3v) is 4.47. The highest BCUT2D eigenvalue weighted by molar-refractivity contribution is 7.13. The number of hydrogen-bond acceptors (Lipinski definition) is 3. The number of nitriles is 1. The molecule has 5 heteroatoms. The van der Waals surface area contributed by atoms with Gasteiger partial charge in [0.05, 0.1) is 16.3 Å². The molecule has 0 radical (unpaired) electrons. The first-order valence-electron chi connectivity index (χ1n) is 5.57. The van der Waals surface area contributed by atoms with Crippen molar-refractivity contribution in [2.24, 2.45) is 0 Å². The third kappa shape index (κ3) is 2.48. The van der Waals surface area contributed by atoms with E-state index < -0.39 is 0 Å². The van der Waals surface area contributed by atoms with Crippen LogP contribution in [-0.2, 0) is 0 Å². The molecule has 0 aliphatic rings. The van der Waals surface area contributed by atoms with Crippen LogP contribution in [-0.4, -0.2) is 13.0 Å². The number of anilines is 1. The minimum Gasteiger partial charge on any atom is -0.309 e. The Balaban J connectivity index is 2.40. The van der Waals surface area contributed by atoms with E-state index in [4.69, 9.17) is 16.9 Å². The van der Waals surface area contributed by atoms with E-state index in [1.54, 1.807) is 31.3 Å². The summed E-state index contributed by atoms with van der Waals surface area (Å²) < 4.78 is 0. The van der Waals surface area contributed by atoms with Gasteiger partial charge in [-0.15, -0.1) is 11.3 Å². The van der Waals surface area contributed by atoms with Gasteiger partial charge in [-0.2, -0.15) is 5.26 Å². The summed E-state index contributed by atoms with van der Waals surface area (Å²) in [7, 11) is 1.64. The van der Waals surface area contributed by atoms with E-state index in [1.165, 1.54) is 16.2 Å². The van der Waals surface area contributed by atoms with Gasteiger partial charge in [0.25, 0.3) is 5.91 Å². The van der Waals surface area contributed by atoms with Crippen LogP contribution >= 0.6 is 22.9 Å². The van der Waals surface area contributed by atoms with Crippen LogP contribution in [0.5, 0.6) is 0 Å². The highest BCUT2D eigenvalue weighted by atomic mass is 35.5. The number of rotatable bonds is 2. The van der Waals surface area contributed by atoms with Crippen molar-refractivity contribution in [2.45, 2.75) is 6.92 Å². The molecule has 0 saturated heterocycles. The maximum atomic E-state index is 12.4. The van der Waals surface area contributed by atoms with Crippen LogP contribution in [0.15, 0.2) is 29.6 Å². The van der Waals surface area contributed by atoms with Crippen LogP contribution in [0.3, 0.4) is 0 Å². The standard InChI is InChI=1S/C14H11ClN2OS/c1-9-8-19-13(12(9)15)14(18)17(2)11-6-4-3-5-10(11)7-16/h3-6,8H,1-2H3. The van der Waals surface area contributed by atoms with Crippen molar-refractivity contribution < 1.29 is 4.79 Å². The molecule has 3 nitrogen and oxygen atoms in total. The van der Waals surface area contributed by atoms with Crippen LogP contribution in [0.25, 0.3) is 0 Å². The Morgan fingerprint density at radius 3 is 2.68 bits per heavy atom. The molecule has 0 atom stereocenters. The van der Waals surface area contributed by atoms with Gasteiger partial charge >= 0.3 is 0 Å². The van der Waals surface area contributed by atoms with Gasteiger partial charge in [0.15, 0.2) is 0 Å². The molecule has 1 heterocycles. The van der Waals surface area contributed by atoms with Gasteiger partial charge in [0, 0.05) is 7.05 Å². The molecular formula is C14H11ClN2OS. The average molecular weight is 291 g/mol. The lowest BCUT2D eigenvalue weighted by Crippen LogP contribution is -2.26. The van der Waals surface area contributed by atoms with Gasteiger partial charge in [-0.05, 0) is 30.0 Å². The molecule has 1 aromatic carbocycles. The molecule has 0 spiro atoms. The van der Waals surface area contributed by atoms with Gasteiger partial charge in [-0.1, -0.05) is 23.7 Å². The summed E-state index contributed by atoms with van der Waals surface area (Å²) in [4.78, 5) is 14.3. The maximum Gasteiger partial charge on any atom is 0.269 e. The molecule has 96 valence electrons. The van der Waals surface area contributed by atoms with Crippen LogP contribution in [0.1, 0.15) is 20.8 Å². The fraction of sp³-hybridized carbons (Fsp3) is 0.143. The van der Waals surface area contributed by atoms with Crippen LogP contribution in [0.2, 0.25) is 5.02 Å². The zero-order valence-electron chi connectivity index (χ0n) is 10.5. The summed E-state index contributed by atoms with van der Waals surface area (Å²) in [6.45, 7) is 1.86. The third-order valence-electron chi connectivity index (χ3n) is 2.78. The van der Waals surface area contributed by atoms with Crippen molar-refractivity contribution in [3.8, 4) is 6.07 Å². The van der Waals surface area contributed by atoms with E-state index in [2.05, 4.69) is 6.07 Å². The molecular weight excluding hydrogens is 280 g/mol. The SMILES string of the molecule is Cc1csc(C(=O)N(C)c2ccccc2C#N)c1Cl.